The first-order valence-corrected chi connectivity index (χ1v) is 11.9. The fourth-order valence-corrected chi connectivity index (χ4v) is 4.75. The van der Waals surface area contributed by atoms with E-state index < -0.39 is 35.7 Å². The molecule has 2 aliphatic heterocycles. The molecule has 2 atom stereocenters. The third-order valence-electron chi connectivity index (χ3n) is 6.42. The van der Waals surface area contributed by atoms with Gasteiger partial charge in [0.15, 0.2) is 5.82 Å². The van der Waals surface area contributed by atoms with Crippen molar-refractivity contribution in [1.82, 2.24) is 4.90 Å². The van der Waals surface area contributed by atoms with E-state index in [2.05, 4.69) is 10.5 Å². The van der Waals surface area contributed by atoms with E-state index in [1.54, 1.807) is 18.2 Å². The van der Waals surface area contributed by atoms with E-state index in [9.17, 15) is 18.8 Å². The normalized spacial score (nSPS) is 18.4. The van der Waals surface area contributed by atoms with E-state index in [1.807, 2.05) is 12.1 Å². The summed E-state index contributed by atoms with van der Waals surface area (Å²) in [7, 11) is 0. The molecule has 3 aromatic carbocycles. The fraction of sp³-hybridized carbons (Fsp3) is 0.185. The Morgan fingerprint density at radius 1 is 1.05 bits per heavy atom. The molecule has 2 heterocycles. The molecule has 0 saturated heterocycles. The van der Waals surface area contributed by atoms with Crippen LogP contribution in [0.4, 0.5) is 10.1 Å². The maximum Gasteiger partial charge on any atom is 0.335 e. The molecule has 2 aliphatic rings. The van der Waals surface area contributed by atoms with Gasteiger partial charge in [0.25, 0.3) is 11.8 Å². The van der Waals surface area contributed by atoms with Crippen LogP contribution in [0.1, 0.15) is 39.5 Å². The Hall–Kier alpha value is -4.24. The SMILES string of the molecule is O=C(O)c1ccc(NC(=O)C2c3ccccc3CCN2C(=O)C2CC(c3cccc(Cl)c3F)=NO2)cc1. The van der Waals surface area contributed by atoms with E-state index in [1.165, 1.54) is 41.3 Å². The first-order chi connectivity index (χ1) is 17.8. The van der Waals surface area contributed by atoms with E-state index in [0.29, 0.717) is 17.7 Å². The lowest BCUT2D eigenvalue weighted by molar-refractivity contribution is -0.148. The molecule has 0 spiro atoms. The zero-order valence-corrected chi connectivity index (χ0v) is 20.1. The Labute approximate surface area is 216 Å². The van der Waals surface area contributed by atoms with Crippen LogP contribution in [-0.4, -0.2) is 46.2 Å². The van der Waals surface area contributed by atoms with Crippen molar-refractivity contribution in [3.8, 4) is 0 Å². The van der Waals surface area contributed by atoms with Gasteiger partial charge in [-0.25, -0.2) is 9.18 Å². The number of aromatic carboxylic acids is 1. The molecule has 10 heteroatoms. The van der Waals surface area contributed by atoms with Crippen molar-refractivity contribution in [2.45, 2.75) is 25.0 Å². The van der Waals surface area contributed by atoms with Crippen LogP contribution in [0.15, 0.2) is 71.9 Å². The Morgan fingerprint density at radius 3 is 2.57 bits per heavy atom. The Kier molecular flexibility index (Phi) is 6.62. The number of carboxylic acids is 1. The molecule has 8 nitrogen and oxygen atoms in total. The highest BCUT2D eigenvalue weighted by Gasteiger charge is 2.41. The van der Waals surface area contributed by atoms with Gasteiger partial charge in [0.1, 0.15) is 6.04 Å². The summed E-state index contributed by atoms with van der Waals surface area (Å²) < 4.78 is 14.5. The largest absolute Gasteiger partial charge is 0.478 e. The minimum Gasteiger partial charge on any atom is -0.478 e. The number of nitrogens with one attached hydrogen (secondary N) is 1. The number of hydrogen-bond acceptors (Lipinski definition) is 5. The quantitative estimate of drug-likeness (QED) is 0.516. The van der Waals surface area contributed by atoms with Crippen molar-refractivity contribution in [2.24, 2.45) is 5.16 Å². The predicted octanol–water partition coefficient (Wildman–Crippen LogP) is 4.44. The Morgan fingerprint density at radius 2 is 1.81 bits per heavy atom. The number of fused-ring (bicyclic) bond motifs is 1. The summed E-state index contributed by atoms with van der Waals surface area (Å²) in [6, 6.07) is 16.7. The van der Waals surface area contributed by atoms with Crippen molar-refractivity contribution >= 4 is 40.8 Å². The summed E-state index contributed by atoms with van der Waals surface area (Å²) >= 11 is 5.89. The molecular formula is C27H21ClFN3O5. The minimum atomic E-state index is -1.08. The number of halogens is 2. The third kappa shape index (κ3) is 4.77. The standard InChI is InChI=1S/C27H21ClFN3O5/c28-20-7-3-6-19(23(20)29)21-14-22(37-31-21)26(34)32-13-12-15-4-1-2-5-18(15)24(32)25(33)30-17-10-8-16(9-11-17)27(35)36/h1-11,22,24H,12-14H2,(H,30,33)(H,35,36). The van der Waals surface area contributed by atoms with Crippen molar-refractivity contribution in [2.75, 3.05) is 11.9 Å². The average Bonchev–Trinajstić information content (AvgIpc) is 3.39. The summed E-state index contributed by atoms with van der Waals surface area (Å²) in [5, 5.41) is 15.8. The van der Waals surface area contributed by atoms with Crippen LogP contribution in [-0.2, 0) is 20.8 Å². The number of oxime groups is 1. The molecule has 188 valence electrons. The predicted molar refractivity (Wildman–Crippen MR) is 134 cm³/mol. The first-order valence-electron chi connectivity index (χ1n) is 11.5. The van der Waals surface area contributed by atoms with Crippen molar-refractivity contribution in [1.29, 1.82) is 0 Å². The molecule has 0 saturated carbocycles. The summed E-state index contributed by atoms with van der Waals surface area (Å²) in [5.41, 5.74) is 2.52. The number of carbonyl (C=O) groups excluding carboxylic acids is 2. The third-order valence-corrected chi connectivity index (χ3v) is 6.71. The van der Waals surface area contributed by atoms with E-state index in [4.69, 9.17) is 21.5 Å². The van der Waals surface area contributed by atoms with Crippen LogP contribution in [0.25, 0.3) is 0 Å². The molecule has 0 aliphatic carbocycles. The molecule has 37 heavy (non-hydrogen) atoms. The molecule has 2 N–H and O–H groups in total. The van der Waals surface area contributed by atoms with Gasteiger partial charge in [-0.15, -0.1) is 0 Å². The Bertz CT molecular complexity index is 1430. The van der Waals surface area contributed by atoms with E-state index in [0.717, 1.165) is 5.56 Å². The van der Waals surface area contributed by atoms with Crippen molar-refractivity contribution in [3.63, 3.8) is 0 Å². The van der Waals surface area contributed by atoms with Crippen molar-refractivity contribution in [3.05, 3.63) is 99.8 Å². The second-order valence-corrected chi connectivity index (χ2v) is 9.10. The molecule has 2 amide bonds. The number of nitrogens with zero attached hydrogens (tertiary/aromatic N) is 2. The van der Waals surface area contributed by atoms with Crippen LogP contribution >= 0.6 is 11.6 Å². The number of rotatable bonds is 5. The van der Waals surface area contributed by atoms with Gasteiger partial charge >= 0.3 is 5.97 Å². The average molecular weight is 522 g/mol. The van der Waals surface area contributed by atoms with Gasteiger partial charge in [0.05, 0.1) is 16.3 Å². The lowest BCUT2D eigenvalue weighted by Gasteiger charge is -2.37. The maximum atomic E-state index is 14.5. The van der Waals surface area contributed by atoms with Crippen LogP contribution in [0.5, 0.6) is 0 Å². The number of carbonyl (C=O) groups is 3. The first kappa shape index (κ1) is 24.5. The van der Waals surface area contributed by atoms with Gasteiger partial charge in [0.2, 0.25) is 6.10 Å². The lowest BCUT2D eigenvalue weighted by Crippen LogP contribution is -2.49. The summed E-state index contributed by atoms with van der Waals surface area (Å²) in [6.45, 7) is 0.270. The topological polar surface area (TPSA) is 108 Å². The minimum absolute atomic E-state index is 0.0270. The van der Waals surface area contributed by atoms with Crippen molar-refractivity contribution < 1.29 is 28.7 Å². The van der Waals surface area contributed by atoms with E-state index >= 15 is 0 Å². The summed E-state index contributed by atoms with van der Waals surface area (Å²) in [4.78, 5) is 45.1. The number of benzene rings is 3. The maximum absolute atomic E-state index is 14.5. The zero-order chi connectivity index (χ0) is 26.1. The fourth-order valence-electron chi connectivity index (χ4n) is 4.57. The van der Waals surface area contributed by atoms with Gasteiger partial charge in [-0.05, 0) is 53.9 Å². The van der Waals surface area contributed by atoms with Gasteiger partial charge in [-0.2, -0.15) is 0 Å². The number of carboxylic acid groups (broad SMARTS) is 1. The van der Waals surface area contributed by atoms with Gasteiger partial charge in [-0.3, -0.25) is 9.59 Å². The summed E-state index contributed by atoms with van der Waals surface area (Å²) in [5.74, 6) is -2.62. The number of amides is 2. The molecule has 2 unspecified atom stereocenters. The lowest BCUT2D eigenvalue weighted by atomic mass is 9.91. The summed E-state index contributed by atoms with van der Waals surface area (Å²) in [6.07, 6.45) is -0.453. The van der Waals surface area contributed by atoms with Crippen LogP contribution in [0.2, 0.25) is 5.02 Å². The molecule has 0 aromatic heterocycles. The molecule has 5 rings (SSSR count). The highest BCUT2D eigenvalue weighted by atomic mass is 35.5. The van der Waals surface area contributed by atoms with Crippen LogP contribution in [0.3, 0.4) is 0 Å². The van der Waals surface area contributed by atoms with Gasteiger partial charge in [-0.1, -0.05) is 47.1 Å². The van der Waals surface area contributed by atoms with Gasteiger partial charge < -0.3 is 20.2 Å². The molecule has 3 aromatic rings. The molecular weight excluding hydrogens is 501 g/mol. The Balaban J connectivity index is 1.38. The number of hydrogen-bond donors (Lipinski definition) is 2. The van der Waals surface area contributed by atoms with Crippen LogP contribution in [0, 0.1) is 5.82 Å². The molecule has 0 radical (unpaired) electrons. The van der Waals surface area contributed by atoms with Crippen LogP contribution < -0.4 is 5.32 Å². The molecule has 0 fully saturated rings. The van der Waals surface area contributed by atoms with Gasteiger partial charge in [0, 0.05) is 24.2 Å². The van der Waals surface area contributed by atoms with E-state index in [-0.39, 0.29) is 34.8 Å². The number of anilines is 1. The highest BCUT2D eigenvalue weighted by Crippen LogP contribution is 2.33. The molecule has 0 bridgehead atoms. The highest BCUT2D eigenvalue weighted by molar-refractivity contribution is 6.31. The smallest absolute Gasteiger partial charge is 0.335 e. The monoisotopic (exact) mass is 521 g/mol. The second kappa shape index (κ2) is 10.0. The second-order valence-electron chi connectivity index (χ2n) is 8.69. The zero-order valence-electron chi connectivity index (χ0n) is 19.4.